The highest BCUT2D eigenvalue weighted by atomic mass is 16.3. The number of aliphatic hydroxyl groups is 1. The number of anilines is 1. The van der Waals surface area contributed by atoms with Gasteiger partial charge in [0.25, 0.3) is 5.91 Å². The Kier molecular flexibility index (Phi) is 3.15. The van der Waals surface area contributed by atoms with Gasteiger partial charge in [0.1, 0.15) is 11.4 Å². The van der Waals surface area contributed by atoms with Gasteiger partial charge in [-0.2, -0.15) is 0 Å². The van der Waals surface area contributed by atoms with Crippen molar-refractivity contribution in [1.82, 2.24) is 14.8 Å². The SMILES string of the molecule is CCC(C)(O)C(=O)Nc1nnc2n1CCCC2. The van der Waals surface area contributed by atoms with Crippen LogP contribution in [0.1, 0.15) is 38.9 Å². The molecule has 1 aliphatic rings. The van der Waals surface area contributed by atoms with Crippen LogP contribution in [0.5, 0.6) is 0 Å². The highest BCUT2D eigenvalue weighted by Gasteiger charge is 2.29. The number of fused-ring (bicyclic) bond motifs is 1. The van der Waals surface area contributed by atoms with Crippen molar-refractivity contribution in [2.45, 2.75) is 51.7 Å². The van der Waals surface area contributed by atoms with E-state index in [1.54, 1.807) is 6.92 Å². The Morgan fingerprint density at radius 1 is 1.53 bits per heavy atom. The Hall–Kier alpha value is -1.43. The molecule has 2 heterocycles. The maximum atomic E-state index is 11.8. The molecule has 1 unspecified atom stereocenters. The van der Waals surface area contributed by atoms with Gasteiger partial charge in [-0.3, -0.25) is 14.7 Å². The number of nitrogens with zero attached hydrogens (tertiary/aromatic N) is 3. The van der Waals surface area contributed by atoms with Gasteiger partial charge in [0.05, 0.1) is 0 Å². The third-order valence-corrected chi connectivity index (χ3v) is 3.26. The number of aryl methyl sites for hydroxylation is 1. The number of aromatic nitrogens is 3. The number of carbonyl (C=O) groups excluding carboxylic acids is 1. The molecule has 0 aliphatic carbocycles. The van der Waals surface area contributed by atoms with Crippen LogP contribution in [-0.4, -0.2) is 31.4 Å². The van der Waals surface area contributed by atoms with E-state index in [0.29, 0.717) is 12.4 Å². The van der Waals surface area contributed by atoms with E-state index in [-0.39, 0.29) is 0 Å². The fraction of sp³-hybridized carbons (Fsp3) is 0.727. The Balaban J connectivity index is 2.14. The highest BCUT2D eigenvalue weighted by molar-refractivity contribution is 5.95. The Morgan fingerprint density at radius 2 is 2.29 bits per heavy atom. The van der Waals surface area contributed by atoms with E-state index in [1.807, 2.05) is 4.57 Å². The minimum atomic E-state index is -1.36. The minimum Gasteiger partial charge on any atom is -0.380 e. The van der Waals surface area contributed by atoms with Gasteiger partial charge in [0.15, 0.2) is 0 Å². The van der Waals surface area contributed by atoms with Crippen molar-refractivity contribution in [1.29, 1.82) is 0 Å². The normalized spacial score (nSPS) is 18.3. The Labute approximate surface area is 100 Å². The van der Waals surface area contributed by atoms with Gasteiger partial charge in [-0.05, 0) is 26.2 Å². The van der Waals surface area contributed by atoms with E-state index in [2.05, 4.69) is 15.5 Å². The summed E-state index contributed by atoms with van der Waals surface area (Å²) in [6, 6.07) is 0. The summed E-state index contributed by atoms with van der Waals surface area (Å²) in [5.41, 5.74) is -1.36. The predicted octanol–water partition coefficient (Wildman–Crippen LogP) is 0.714. The van der Waals surface area contributed by atoms with Crippen LogP contribution in [0.3, 0.4) is 0 Å². The first-order valence-corrected chi connectivity index (χ1v) is 6.00. The van der Waals surface area contributed by atoms with Crippen LogP contribution in [0.25, 0.3) is 0 Å². The number of hydrogen-bond donors (Lipinski definition) is 2. The van der Waals surface area contributed by atoms with E-state index < -0.39 is 11.5 Å². The molecule has 0 bridgehead atoms. The molecule has 0 spiro atoms. The number of carbonyl (C=O) groups is 1. The molecule has 0 fully saturated rings. The van der Waals surface area contributed by atoms with Gasteiger partial charge in [-0.15, -0.1) is 10.2 Å². The summed E-state index contributed by atoms with van der Waals surface area (Å²) in [4.78, 5) is 11.8. The molecule has 0 saturated carbocycles. The predicted molar refractivity (Wildman–Crippen MR) is 62.5 cm³/mol. The average molecular weight is 238 g/mol. The summed E-state index contributed by atoms with van der Waals surface area (Å²) in [5, 5.41) is 20.5. The van der Waals surface area contributed by atoms with E-state index in [9.17, 15) is 9.90 Å². The van der Waals surface area contributed by atoms with Crippen molar-refractivity contribution in [3.8, 4) is 0 Å². The summed E-state index contributed by atoms with van der Waals surface area (Å²) in [6.07, 6.45) is 3.43. The Morgan fingerprint density at radius 3 is 3.00 bits per heavy atom. The first-order valence-electron chi connectivity index (χ1n) is 6.00. The second-order valence-corrected chi connectivity index (χ2v) is 4.63. The van der Waals surface area contributed by atoms with Crippen LogP contribution in [0, 0.1) is 0 Å². The molecule has 0 aromatic carbocycles. The lowest BCUT2D eigenvalue weighted by molar-refractivity contribution is -0.132. The molecule has 17 heavy (non-hydrogen) atoms. The lowest BCUT2D eigenvalue weighted by Crippen LogP contribution is -2.40. The first kappa shape index (κ1) is 12.0. The first-order chi connectivity index (χ1) is 8.04. The third-order valence-electron chi connectivity index (χ3n) is 3.26. The molecule has 6 heteroatoms. The summed E-state index contributed by atoms with van der Waals surface area (Å²) < 4.78 is 1.91. The maximum Gasteiger partial charge on any atom is 0.258 e. The quantitative estimate of drug-likeness (QED) is 0.813. The Bertz CT molecular complexity index is 425. The molecule has 0 saturated heterocycles. The van der Waals surface area contributed by atoms with Crippen LogP contribution in [0.2, 0.25) is 0 Å². The van der Waals surface area contributed by atoms with Crippen LogP contribution >= 0.6 is 0 Å². The molecule has 2 rings (SSSR count). The van der Waals surface area contributed by atoms with Gasteiger partial charge < -0.3 is 5.11 Å². The van der Waals surface area contributed by atoms with Crippen molar-refractivity contribution in [3.05, 3.63) is 5.82 Å². The standard InChI is InChI=1S/C11H18N4O2/c1-3-11(2,17)9(16)12-10-14-13-8-6-4-5-7-15(8)10/h17H,3-7H2,1-2H3,(H,12,14,16). The maximum absolute atomic E-state index is 11.8. The molecule has 1 aliphatic heterocycles. The molecule has 94 valence electrons. The molecule has 1 aromatic heterocycles. The summed E-state index contributed by atoms with van der Waals surface area (Å²) in [5.74, 6) is 0.918. The largest absolute Gasteiger partial charge is 0.380 e. The van der Waals surface area contributed by atoms with Crippen molar-refractivity contribution in [3.63, 3.8) is 0 Å². The van der Waals surface area contributed by atoms with Crippen LogP contribution in [0.4, 0.5) is 5.95 Å². The van der Waals surface area contributed by atoms with Gasteiger partial charge in [0.2, 0.25) is 5.95 Å². The number of nitrogens with one attached hydrogen (secondary N) is 1. The summed E-state index contributed by atoms with van der Waals surface area (Å²) in [6.45, 7) is 4.08. The van der Waals surface area contributed by atoms with Crippen LogP contribution < -0.4 is 5.32 Å². The molecular formula is C11H18N4O2. The lowest BCUT2D eigenvalue weighted by atomic mass is 10.0. The lowest BCUT2D eigenvalue weighted by Gasteiger charge is -2.21. The number of hydrogen-bond acceptors (Lipinski definition) is 4. The van der Waals surface area contributed by atoms with Gasteiger partial charge >= 0.3 is 0 Å². The molecule has 1 aromatic rings. The van der Waals surface area contributed by atoms with Crippen molar-refractivity contribution in [2.24, 2.45) is 0 Å². The molecule has 0 radical (unpaired) electrons. The minimum absolute atomic E-state index is 0.361. The van der Waals surface area contributed by atoms with Gasteiger partial charge in [-0.25, -0.2) is 0 Å². The molecule has 1 atom stereocenters. The summed E-state index contributed by atoms with van der Waals surface area (Å²) in [7, 11) is 0. The summed E-state index contributed by atoms with van der Waals surface area (Å²) >= 11 is 0. The van der Waals surface area contributed by atoms with E-state index >= 15 is 0 Å². The highest BCUT2D eigenvalue weighted by Crippen LogP contribution is 2.18. The van der Waals surface area contributed by atoms with Gasteiger partial charge in [0, 0.05) is 13.0 Å². The van der Waals surface area contributed by atoms with E-state index in [0.717, 1.165) is 31.6 Å². The zero-order valence-electron chi connectivity index (χ0n) is 10.2. The molecule has 6 nitrogen and oxygen atoms in total. The number of amides is 1. The molecule has 2 N–H and O–H groups in total. The second kappa shape index (κ2) is 4.44. The second-order valence-electron chi connectivity index (χ2n) is 4.63. The monoisotopic (exact) mass is 238 g/mol. The fourth-order valence-electron chi connectivity index (χ4n) is 1.80. The topological polar surface area (TPSA) is 80.0 Å². The molecular weight excluding hydrogens is 220 g/mol. The third kappa shape index (κ3) is 2.31. The van der Waals surface area contributed by atoms with Crippen LogP contribution in [0.15, 0.2) is 0 Å². The number of rotatable bonds is 3. The fourth-order valence-corrected chi connectivity index (χ4v) is 1.80. The van der Waals surface area contributed by atoms with E-state index in [4.69, 9.17) is 0 Å². The zero-order chi connectivity index (χ0) is 12.5. The average Bonchev–Trinajstić information content (AvgIpc) is 2.73. The van der Waals surface area contributed by atoms with Crippen molar-refractivity contribution < 1.29 is 9.90 Å². The van der Waals surface area contributed by atoms with Crippen molar-refractivity contribution >= 4 is 11.9 Å². The van der Waals surface area contributed by atoms with Crippen molar-refractivity contribution in [2.75, 3.05) is 5.32 Å². The smallest absolute Gasteiger partial charge is 0.258 e. The van der Waals surface area contributed by atoms with Gasteiger partial charge in [-0.1, -0.05) is 6.92 Å². The van der Waals surface area contributed by atoms with E-state index in [1.165, 1.54) is 6.92 Å². The zero-order valence-corrected chi connectivity index (χ0v) is 10.2. The van der Waals surface area contributed by atoms with Crippen LogP contribution in [-0.2, 0) is 17.8 Å². The molecule has 1 amide bonds.